The first-order chi connectivity index (χ1) is 6.72. The Balaban J connectivity index is 2.70. The van der Waals surface area contributed by atoms with Crippen LogP contribution in [0.15, 0.2) is 18.3 Å². The first-order valence-electron chi connectivity index (χ1n) is 3.88. The van der Waals surface area contributed by atoms with E-state index in [1.165, 1.54) is 11.3 Å². The molecule has 0 fully saturated rings. The third-order valence-electron chi connectivity index (χ3n) is 1.81. The van der Waals surface area contributed by atoms with Crippen molar-refractivity contribution in [3.05, 3.63) is 23.2 Å². The minimum absolute atomic E-state index is 0.275. The van der Waals surface area contributed by atoms with Crippen LogP contribution in [-0.2, 0) is 0 Å². The van der Waals surface area contributed by atoms with Gasteiger partial charge in [0, 0.05) is 6.20 Å². The summed E-state index contributed by atoms with van der Waals surface area (Å²) in [6.07, 6.45) is 1.60. The monoisotopic (exact) mass is 209 g/mol. The summed E-state index contributed by atoms with van der Waals surface area (Å²) in [6, 6.07) is 3.26. The quantitative estimate of drug-likeness (QED) is 0.821. The lowest BCUT2D eigenvalue weighted by molar-refractivity contribution is 0.0702. The van der Waals surface area contributed by atoms with E-state index in [-0.39, 0.29) is 4.88 Å². The minimum Gasteiger partial charge on any atom is -0.495 e. The molecule has 72 valence electrons. The van der Waals surface area contributed by atoms with Gasteiger partial charge in [-0.25, -0.2) is 4.79 Å². The highest BCUT2D eigenvalue weighted by Gasteiger charge is 2.11. The van der Waals surface area contributed by atoms with Crippen LogP contribution in [0, 0.1) is 0 Å². The van der Waals surface area contributed by atoms with Gasteiger partial charge in [0.1, 0.15) is 10.6 Å². The van der Waals surface area contributed by atoms with Gasteiger partial charge in [0.15, 0.2) is 0 Å². The number of aromatic carboxylic acids is 1. The molecule has 1 N–H and O–H groups in total. The van der Waals surface area contributed by atoms with Gasteiger partial charge in [-0.3, -0.25) is 4.98 Å². The summed E-state index contributed by atoms with van der Waals surface area (Å²) < 4.78 is 5.87. The van der Waals surface area contributed by atoms with E-state index in [4.69, 9.17) is 9.84 Å². The Bertz CT molecular complexity index is 492. The molecule has 0 aromatic carbocycles. The minimum atomic E-state index is -0.935. The van der Waals surface area contributed by atoms with E-state index in [0.717, 1.165) is 4.70 Å². The molecule has 14 heavy (non-hydrogen) atoms. The number of hydrogen-bond acceptors (Lipinski definition) is 4. The SMILES string of the molecule is COc1ccnc2cc(C(=O)O)sc12. The number of aromatic nitrogens is 1. The maximum Gasteiger partial charge on any atom is 0.345 e. The van der Waals surface area contributed by atoms with Crippen LogP contribution in [0.2, 0.25) is 0 Å². The summed E-state index contributed by atoms with van der Waals surface area (Å²) >= 11 is 1.17. The maximum atomic E-state index is 10.7. The van der Waals surface area contributed by atoms with Crippen molar-refractivity contribution in [1.29, 1.82) is 0 Å². The van der Waals surface area contributed by atoms with Crippen LogP contribution in [0.1, 0.15) is 9.67 Å². The van der Waals surface area contributed by atoms with Gasteiger partial charge in [0.25, 0.3) is 0 Å². The molecule has 2 aromatic rings. The second-order valence-electron chi connectivity index (χ2n) is 2.64. The van der Waals surface area contributed by atoms with Crippen molar-refractivity contribution < 1.29 is 14.6 Å². The molecule has 0 spiro atoms. The highest BCUT2D eigenvalue weighted by molar-refractivity contribution is 7.21. The molecule has 0 unspecified atom stereocenters. The van der Waals surface area contributed by atoms with Gasteiger partial charge in [-0.1, -0.05) is 0 Å². The Morgan fingerprint density at radius 3 is 3.07 bits per heavy atom. The van der Waals surface area contributed by atoms with E-state index in [0.29, 0.717) is 11.3 Å². The van der Waals surface area contributed by atoms with Crippen molar-refractivity contribution in [2.75, 3.05) is 7.11 Å². The molecule has 0 amide bonds. The second-order valence-corrected chi connectivity index (χ2v) is 3.70. The van der Waals surface area contributed by atoms with Crippen molar-refractivity contribution in [3.8, 4) is 5.75 Å². The van der Waals surface area contributed by atoms with Gasteiger partial charge in [0.05, 0.1) is 17.3 Å². The van der Waals surface area contributed by atoms with Crippen LogP contribution in [0.5, 0.6) is 5.75 Å². The van der Waals surface area contributed by atoms with Crippen molar-refractivity contribution in [1.82, 2.24) is 4.98 Å². The van der Waals surface area contributed by atoms with Gasteiger partial charge in [-0.2, -0.15) is 0 Å². The Labute approximate surface area is 83.8 Å². The van der Waals surface area contributed by atoms with Crippen LogP contribution in [-0.4, -0.2) is 23.2 Å². The van der Waals surface area contributed by atoms with E-state index < -0.39 is 5.97 Å². The van der Waals surface area contributed by atoms with Crippen molar-refractivity contribution in [3.63, 3.8) is 0 Å². The first-order valence-corrected chi connectivity index (χ1v) is 4.70. The zero-order valence-corrected chi connectivity index (χ0v) is 8.17. The molecule has 0 saturated heterocycles. The van der Waals surface area contributed by atoms with Gasteiger partial charge >= 0.3 is 5.97 Å². The Kier molecular flexibility index (Phi) is 2.09. The molecule has 2 heterocycles. The number of thiophene rings is 1. The summed E-state index contributed by atoms with van der Waals surface area (Å²) in [6.45, 7) is 0. The summed E-state index contributed by atoms with van der Waals surface area (Å²) in [5.41, 5.74) is 0.659. The smallest absolute Gasteiger partial charge is 0.345 e. The summed E-state index contributed by atoms with van der Waals surface area (Å²) in [5.74, 6) is -0.275. The van der Waals surface area contributed by atoms with Crippen molar-refractivity contribution in [2.45, 2.75) is 0 Å². The van der Waals surface area contributed by atoms with Gasteiger partial charge in [0.2, 0.25) is 0 Å². The molecule has 0 radical (unpaired) electrons. The van der Waals surface area contributed by atoms with Gasteiger partial charge in [-0.05, 0) is 12.1 Å². The number of ether oxygens (including phenoxy) is 1. The first kappa shape index (κ1) is 8.96. The summed E-state index contributed by atoms with van der Waals surface area (Å²) in [7, 11) is 1.55. The fourth-order valence-corrected chi connectivity index (χ4v) is 2.13. The largest absolute Gasteiger partial charge is 0.495 e. The van der Waals surface area contributed by atoms with E-state index in [2.05, 4.69) is 4.98 Å². The van der Waals surface area contributed by atoms with E-state index in [1.807, 2.05) is 0 Å². The third-order valence-corrected chi connectivity index (χ3v) is 2.93. The molecule has 2 aromatic heterocycles. The van der Waals surface area contributed by atoms with Crippen LogP contribution in [0.4, 0.5) is 0 Å². The van der Waals surface area contributed by atoms with Crippen molar-refractivity contribution in [2.24, 2.45) is 0 Å². The van der Waals surface area contributed by atoms with E-state index in [9.17, 15) is 4.79 Å². The van der Waals surface area contributed by atoms with E-state index >= 15 is 0 Å². The number of carboxylic acid groups (broad SMARTS) is 1. The molecule has 0 aliphatic heterocycles. The van der Waals surface area contributed by atoms with Crippen molar-refractivity contribution >= 4 is 27.5 Å². The Hall–Kier alpha value is -1.62. The topological polar surface area (TPSA) is 59.4 Å². The fraction of sp³-hybridized carbons (Fsp3) is 0.111. The molecule has 0 bridgehead atoms. The average Bonchev–Trinajstić information content (AvgIpc) is 2.60. The molecule has 2 rings (SSSR count). The average molecular weight is 209 g/mol. The number of nitrogens with zero attached hydrogens (tertiary/aromatic N) is 1. The predicted molar refractivity (Wildman–Crippen MR) is 53.1 cm³/mol. The predicted octanol–water partition coefficient (Wildman–Crippen LogP) is 2.00. The highest BCUT2D eigenvalue weighted by atomic mass is 32.1. The maximum absolute atomic E-state index is 10.7. The number of pyridine rings is 1. The standard InChI is InChI=1S/C9H7NO3S/c1-13-6-2-3-10-5-4-7(9(11)12)14-8(5)6/h2-4H,1H3,(H,11,12). The number of methoxy groups -OCH3 is 1. The molecule has 4 nitrogen and oxygen atoms in total. The van der Waals surface area contributed by atoms with E-state index in [1.54, 1.807) is 25.4 Å². The molecule has 5 heteroatoms. The van der Waals surface area contributed by atoms with Crippen LogP contribution in [0.25, 0.3) is 10.2 Å². The van der Waals surface area contributed by atoms with Crippen LogP contribution < -0.4 is 4.74 Å². The van der Waals surface area contributed by atoms with Gasteiger partial charge < -0.3 is 9.84 Å². The number of fused-ring (bicyclic) bond motifs is 1. The molecule has 0 atom stereocenters. The third kappa shape index (κ3) is 1.31. The lowest BCUT2D eigenvalue weighted by Crippen LogP contribution is -1.89. The number of carboxylic acids is 1. The van der Waals surface area contributed by atoms with Crippen LogP contribution >= 0.6 is 11.3 Å². The number of rotatable bonds is 2. The lowest BCUT2D eigenvalue weighted by atomic mass is 10.3. The Morgan fingerprint density at radius 1 is 1.64 bits per heavy atom. The summed E-state index contributed by atoms with van der Waals surface area (Å²) in [4.78, 5) is 15.0. The lowest BCUT2D eigenvalue weighted by Gasteiger charge is -1.98. The molecule has 0 aliphatic rings. The second kappa shape index (κ2) is 3.26. The van der Waals surface area contributed by atoms with Crippen LogP contribution in [0.3, 0.4) is 0 Å². The molecule has 0 saturated carbocycles. The zero-order chi connectivity index (χ0) is 10.1. The molecule has 0 aliphatic carbocycles. The zero-order valence-electron chi connectivity index (χ0n) is 7.35. The molecular weight excluding hydrogens is 202 g/mol. The van der Waals surface area contributed by atoms with Gasteiger partial charge in [-0.15, -0.1) is 11.3 Å². The Morgan fingerprint density at radius 2 is 2.43 bits per heavy atom. The highest BCUT2D eigenvalue weighted by Crippen LogP contribution is 2.31. The molecular formula is C9H7NO3S. The summed E-state index contributed by atoms with van der Waals surface area (Å²) in [5, 5.41) is 8.79. The number of carbonyl (C=O) groups is 1. The fourth-order valence-electron chi connectivity index (χ4n) is 1.18. The number of hydrogen-bond donors (Lipinski definition) is 1. The normalized spacial score (nSPS) is 10.4.